The van der Waals surface area contributed by atoms with Gasteiger partial charge >= 0.3 is 0 Å². The van der Waals surface area contributed by atoms with Crippen molar-refractivity contribution in [2.45, 2.75) is 25.7 Å². The fourth-order valence-corrected chi connectivity index (χ4v) is 3.08. The molecule has 0 spiro atoms. The maximum absolute atomic E-state index is 12.4. The van der Waals surface area contributed by atoms with Gasteiger partial charge in [0, 0.05) is 32.2 Å². The summed E-state index contributed by atoms with van der Waals surface area (Å²) in [6, 6.07) is 9.51. The number of ether oxygens (including phenoxy) is 2. The molecule has 1 aromatic carbocycles. The van der Waals surface area contributed by atoms with Crippen molar-refractivity contribution in [1.29, 1.82) is 0 Å². The van der Waals surface area contributed by atoms with E-state index in [2.05, 4.69) is 0 Å². The van der Waals surface area contributed by atoms with E-state index in [-0.39, 0.29) is 17.9 Å². The molecule has 1 heterocycles. The second-order valence-corrected chi connectivity index (χ2v) is 6.23. The van der Waals surface area contributed by atoms with E-state index in [1.807, 2.05) is 35.2 Å². The number of likely N-dealkylation sites (tertiary alicyclic amines) is 1. The normalized spacial score (nSPS) is 21.2. The molecule has 0 unspecified atom stereocenters. The minimum atomic E-state index is -0.218. The molecular weight excluding hydrogens is 294 g/mol. The molecule has 1 aliphatic heterocycles. The Hall–Kier alpha value is -1.59. The van der Waals surface area contributed by atoms with E-state index in [0.717, 1.165) is 31.6 Å². The van der Waals surface area contributed by atoms with Crippen molar-refractivity contribution < 1.29 is 19.4 Å². The predicted molar refractivity (Wildman–Crippen MR) is 88.4 cm³/mol. The molecule has 0 aromatic heterocycles. The van der Waals surface area contributed by atoms with Crippen LogP contribution in [0.1, 0.15) is 25.7 Å². The van der Waals surface area contributed by atoms with Gasteiger partial charge in [-0.3, -0.25) is 4.79 Å². The number of carbonyl (C=O) groups excluding carboxylic acids is 1. The van der Waals surface area contributed by atoms with Crippen LogP contribution >= 0.6 is 0 Å². The van der Waals surface area contributed by atoms with Crippen LogP contribution in [-0.2, 0) is 9.53 Å². The summed E-state index contributed by atoms with van der Waals surface area (Å²) in [5.74, 6) is 0.875. The molecule has 1 fully saturated rings. The first kappa shape index (κ1) is 17.8. The maximum Gasteiger partial charge on any atom is 0.226 e. The highest BCUT2D eigenvalue weighted by Gasteiger charge is 2.36. The highest BCUT2D eigenvalue weighted by Crippen LogP contribution is 2.33. The predicted octanol–water partition coefficient (Wildman–Crippen LogP) is 2.09. The summed E-state index contributed by atoms with van der Waals surface area (Å²) in [5, 5.41) is 9.77. The number of carbonyl (C=O) groups is 1. The molecule has 0 aliphatic carbocycles. The van der Waals surface area contributed by atoms with Gasteiger partial charge in [0.2, 0.25) is 5.91 Å². The Balaban J connectivity index is 1.81. The van der Waals surface area contributed by atoms with Gasteiger partial charge in [-0.15, -0.1) is 0 Å². The summed E-state index contributed by atoms with van der Waals surface area (Å²) in [4.78, 5) is 14.3. The number of nitrogens with zero attached hydrogens (tertiary/aromatic N) is 1. The average Bonchev–Trinajstić information content (AvgIpc) is 2.61. The van der Waals surface area contributed by atoms with Gasteiger partial charge in [-0.2, -0.15) is 0 Å². The zero-order valence-corrected chi connectivity index (χ0v) is 13.9. The number of benzene rings is 1. The average molecular weight is 321 g/mol. The third kappa shape index (κ3) is 5.22. The van der Waals surface area contributed by atoms with Crippen molar-refractivity contribution >= 4 is 5.91 Å². The molecule has 1 amide bonds. The van der Waals surface area contributed by atoms with Crippen molar-refractivity contribution in [3.8, 4) is 5.75 Å². The SMILES string of the molecule is COCC[C@]1(CO)CCCN(C(=O)CCOc2ccccc2)C1. The van der Waals surface area contributed by atoms with E-state index >= 15 is 0 Å². The van der Waals surface area contributed by atoms with Crippen LogP contribution in [0.4, 0.5) is 0 Å². The Labute approximate surface area is 138 Å². The van der Waals surface area contributed by atoms with Gasteiger partial charge in [0.1, 0.15) is 5.75 Å². The number of rotatable bonds is 8. The Morgan fingerprint density at radius 3 is 2.78 bits per heavy atom. The summed E-state index contributed by atoms with van der Waals surface area (Å²) in [6.45, 7) is 2.46. The standard InChI is InChI=1S/C18H27NO4/c1-22-13-10-18(15-20)9-5-11-19(14-18)17(21)8-12-23-16-6-3-2-4-7-16/h2-4,6-7,20H,5,8-15H2,1H3/t18-/m1/s1. The van der Waals surface area contributed by atoms with Gasteiger partial charge in [-0.25, -0.2) is 0 Å². The quantitative estimate of drug-likeness (QED) is 0.796. The zero-order chi connectivity index (χ0) is 16.5. The van der Waals surface area contributed by atoms with Gasteiger partial charge in [0.05, 0.1) is 19.6 Å². The van der Waals surface area contributed by atoms with Crippen LogP contribution in [0.15, 0.2) is 30.3 Å². The molecule has 1 atom stereocenters. The maximum atomic E-state index is 12.4. The van der Waals surface area contributed by atoms with Crippen LogP contribution in [-0.4, -0.2) is 55.9 Å². The molecule has 0 bridgehead atoms. The molecule has 0 saturated carbocycles. The van der Waals surface area contributed by atoms with E-state index in [1.165, 1.54) is 0 Å². The minimum absolute atomic E-state index is 0.0934. The number of hydrogen-bond donors (Lipinski definition) is 1. The molecule has 1 aliphatic rings. The summed E-state index contributed by atoms with van der Waals surface area (Å²) in [5.41, 5.74) is -0.218. The molecule has 1 aromatic rings. The first-order valence-electron chi connectivity index (χ1n) is 8.24. The van der Waals surface area contributed by atoms with Gasteiger partial charge in [0.25, 0.3) is 0 Å². The fourth-order valence-electron chi connectivity index (χ4n) is 3.08. The lowest BCUT2D eigenvalue weighted by atomic mass is 9.78. The van der Waals surface area contributed by atoms with E-state index in [0.29, 0.717) is 26.2 Å². The second-order valence-electron chi connectivity index (χ2n) is 6.23. The number of hydrogen-bond acceptors (Lipinski definition) is 4. The van der Waals surface area contributed by atoms with Crippen LogP contribution in [0.5, 0.6) is 5.75 Å². The van der Waals surface area contributed by atoms with E-state index in [1.54, 1.807) is 7.11 Å². The molecular formula is C18H27NO4. The number of para-hydroxylation sites is 1. The van der Waals surface area contributed by atoms with Gasteiger partial charge in [-0.1, -0.05) is 18.2 Å². The molecule has 5 heteroatoms. The lowest BCUT2D eigenvalue weighted by Crippen LogP contribution is -2.48. The van der Waals surface area contributed by atoms with Crippen molar-refractivity contribution in [3.05, 3.63) is 30.3 Å². The highest BCUT2D eigenvalue weighted by atomic mass is 16.5. The Morgan fingerprint density at radius 2 is 2.09 bits per heavy atom. The monoisotopic (exact) mass is 321 g/mol. The Morgan fingerprint density at radius 1 is 1.30 bits per heavy atom. The molecule has 1 saturated heterocycles. The zero-order valence-electron chi connectivity index (χ0n) is 13.9. The van der Waals surface area contributed by atoms with Gasteiger partial charge < -0.3 is 19.5 Å². The van der Waals surface area contributed by atoms with Gasteiger partial charge in [0.15, 0.2) is 0 Å². The Bertz CT molecular complexity index is 479. The third-order valence-corrected chi connectivity index (χ3v) is 4.51. The minimum Gasteiger partial charge on any atom is -0.493 e. The lowest BCUT2D eigenvalue weighted by molar-refractivity contribution is -0.136. The number of aliphatic hydroxyl groups is 1. The second kappa shape index (κ2) is 8.89. The lowest BCUT2D eigenvalue weighted by Gasteiger charge is -2.42. The number of methoxy groups -OCH3 is 1. The van der Waals surface area contributed by atoms with Crippen LogP contribution < -0.4 is 4.74 Å². The molecule has 5 nitrogen and oxygen atoms in total. The summed E-state index contributed by atoms with van der Waals surface area (Å²) < 4.78 is 10.7. The Kier molecular flexibility index (Phi) is 6.86. The molecule has 128 valence electrons. The largest absolute Gasteiger partial charge is 0.493 e. The number of amides is 1. The molecule has 2 rings (SSSR count). The van der Waals surface area contributed by atoms with Crippen molar-refractivity contribution in [1.82, 2.24) is 4.90 Å². The molecule has 23 heavy (non-hydrogen) atoms. The smallest absolute Gasteiger partial charge is 0.226 e. The van der Waals surface area contributed by atoms with E-state index < -0.39 is 0 Å². The number of aliphatic hydroxyl groups excluding tert-OH is 1. The summed E-state index contributed by atoms with van der Waals surface area (Å²) in [7, 11) is 1.66. The van der Waals surface area contributed by atoms with Crippen LogP contribution in [0.2, 0.25) is 0 Å². The van der Waals surface area contributed by atoms with Crippen molar-refractivity contribution in [2.24, 2.45) is 5.41 Å². The van der Waals surface area contributed by atoms with Gasteiger partial charge in [-0.05, 0) is 31.4 Å². The van der Waals surface area contributed by atoms with Crippen molar-refractivity contribution in [2.75, 3.05) is 40.0 Å². The summed E-state index contributed by atoms with van der Waals surface area (Å²) in [6.07, 6.45) is 3.01. The topological polar surface area (TPSA) is 59.0 Å². The molecule has 1 N–H and O–H groups in total. The van der Waals surface area contributed by atoms with E-state index in [9.17, 15) is 9.90 Å². The first-order chi connectivity index (χ1) is 11.2. The van der Waals surface area contributed by atoms with E-state index in [4.69, 9.17) is 9.47 Å². The fraction of sp³-hybridized carbons (Fsp3) is 0.611. The number of piperidine rings is 1. The molecule has 0 radical (unpaired) electrons. The van der Waals surface area contributed by atoms with Crippen LogP contribution in [0, 0.1) is 5.41 Å². The van der Waals surface area contributed by atoms with Crippen LogP contribution in [0.25, 0.3) is 0 Å². The highest BCUT2D eigenvalue weighted by molar-refractivity contribution is 5.76. The summed E-state index contributed by atoms with van der Waals surface area (Å²) >= 11 is 0. The first-order valence-corrected chi connectivity index (χ1v) is 8.24. The van der Waals surface area contributed by atoms with Crippen molar-refractivity contribution in [3.63, 3.8) is 0 Å². The third-order valence-electron chi connectivity index (χ3n) is 4.51. The van der Waals surface area contributed by atoms with Crippen LogP contribution in [0.3, 0.4) is 0 Å².